The molecule has 1 spiro atoms. The molecule has 2 atom stereocenters. The van der Waals surface area contributed by atoms with Gasteiger partial charge in [-0.3, -0.25) is 4.79 Å². The summed E-state index contributed by atoms with van der Waals surface area (Å²) >= 11 is 0. The van der Waals surface area contributed by atoms with Crippen LogP contribution in [0.25, 0.3) is 0 Å². The van der Waals surface area contributed by atoms with E-state index in [-0.39, 0.29) is 39.8 Å². The van der Waals surface area contributed by atoms with Crippen molar-refractivity contribution in [3.8, 4) is 0 Å². The molecular formula is C24H36FN3O3. The molecule has 2 heterocycles. The van der Waals surface area contributed by atoms with Crippen molar-refractivity contribution < 1.29 is 18.9 Å². The summed E-state index contributed by atoms with van der Waals surface area (Å²) in [5, 5.41) is 26.2. The zero-order valence-corrected chi connectivity index (χ0v) is 18.8. The van der Waals surface area contributed by atoms with E-state index in [1.165, 1.54) is 6.07 Å². The van der Waals surface area contributed by atoms with Crippen molar-refractivity contribution in [2.24, 2.45) is 11.3 Å². The van der Waals surface area contributed by atoms with Crippen LogP contribution in [0.2, 0.25) is 0 Å². The number of anilines is 2. The van der Waals surface area contributed by atoms with Gasteiger partial charge in [-0.15, -0.1) is 0 Å². The molecule has 2 saturated heterocycles. The van der Waals surface area contributed by atoms with E-state index in [4.69, 9.17) is 0 Å². The van der Waals surface area contributed by atoms with Crippen LogP contribution in [-0.4, -0.2) is 54.0 Å². The highest BCUT2D eigenvalue weighted by Gasteiger charge is 2.50. The van der Waals surface area contributed by atoms with E-state index >= 15 is 0 Å². The zero-order chi connectivity index (χ0) is 22.2. The number of halogens is 1. The molecule has 0 aromatic heterocycles. The largest absolute Gasteiger partial charge is 0.633 e. The number of aliphatic hydroxyl groups is 1. The summed E-state index contributed by atoms with van der Waals surface area (Å²) in [5.74, 6) is -0.625. The lowest BCUT2D eigenvalue weighted by Crippen LogP contribution is -2.54. The van der Waals surface area contributed by atoms with Crippen molar-refractivity contribution in [3.05, 3.63) is 29.2 Å². The van der Waals surface area contributed by atoms with Gasteiger partial charge in [0.05, 0.1) is 30.9 Å². The number of hydrogen-bond acceptors (Lipinski definition) is 4. The fourth-order valence-corrected chi connectivity index (χ4v) is 5.87. The minimum absolute atomic E-state index is 0.0625. The summed E-state index contributed by atoms with van der Waals surface area (Å²) in [6.45, 7) is 6.34. The highest BCUT2D eigenvalue weighted by molar-refractivity contribution is 5.92. The maximum absolute atomic E-state index is 15.0. The van der Waals surface area contributed by atoms with Crippen LogP contribution in [0.5, 0.6) is 0 Å². The molecule has 4 rings (SSSR count). The minimum Gasteiger partial charge on any atom is -0.633 e. The summed E-state index contributed by atoms with van der Waals surface area (Å²) < 4.78 is 14.8. The highest BCUT2D eigenvalue weighted by atomic mass is 19.1. The maximum Gasteiger partial charge on any atom is 0.226 e. The molecule has 1 aliphatic carbocycles. The number of nitrogens with one attached hydrogen (secondary N) is 1. The second-order valence-corrected chi connectivity index (χ2v) is 10.4. The average Bonchev–Trinajstić information content (AvgIpc) is 3.05. The Labute approximate surface area is 184 Å². The highest BCUT2D eigenvalue weighted by Crippen LogP contribution is 2.46. The van der Waals surface area contributed by atoms with Crippen molar-refractivity contribution in [2.45, 2.75) is 70.9 Å². The van der Waals surface area contributed by atoms with Crippen LogP contribution in [0, 0.1) is 22.4 Å². The van der Waals surface area contributed by atoms with Gasteiger partial charge in [0.2, 0.25) is 5.91 Å². The van der Waals surface area contributed by atoms with E-state index < -0.39 is 0 Å². The Morgan fingerprint density at radius 2 is 2.03 bits per heavy atom. The second kappa shape index (κ2) is 8.68. The summed E-state index contributed by atoms with van der Waals surface area (Å²) in [6.07, 6.45) is 5.69. The molecule has 2 N–H and O–H groups in total. The second-order valence-electron chi connectivity index (χ2n) is 10.4. The lowest BCUT2D eigenvalue weighted by Gasteiger charge is -2.50. The molecule has 0 radical (unpaired) electrons. The molecule has 1 aromatic rings. The first kappa shape index (κ1) is 22.5. The molecule has 2 aliphatic heterocycles. The number of likely N-dealkylation sites (tertiary alicyclic amines) is 1. The van der Waals surface area contributed by atoms with Crippen LogP contribution in [-0.2, 0) is 4.79 Å². The van der Waals surface area contributed by atoms with Gasteiger partial charge in [-0.25, -0.2) is 4.39 Å². The average molecular weight is 434 g/mol. The van der Waals surface area contributed by atoms with Crippen molar-refractivity contribution in [3.63, 3.8) is 0 Å². The number of rotatable bonds is 4. The third kappa shape index (κ3) is 4.73. The molecule has 172 valence electrons. The number of piperidine rings is 1. The standard InChI is InChI=1S/C24H36FN3O3/c1-17(2)23(30)26-18-4-9-22(21(25)14-18)27-12-3-10-24(15-27)11-13-28(31,16-24)19-5-7-20(29)8-6-19/h4,9,14,17,19-20,29H,3,5-8,10-13,15-16H2,1-2H3,(H,26,30)/t19-,20-,24-,28?/m1/s1. The van der Waals surface area contributed by atoms with Crippen LogP contribution < -0.4 is 10.2 Å². The Balaban J connectivity index is 1.45. The Morgan fingerprint density at radius 1 is 1.29 bits per heavy atom. The number of carbonyl (C=O) groups is 1. The van der Waals surface area contributed by atoms with Gasteiger partial charge in [0.25, 0.3) is 0 Å². The minimum atomic E-state index is -0.333. The van der Waals surface area contributed by atoms with Gasteiger partial charge in [-0.05, 0) is 43.9 Å². The van der Waals surface area contributed by atoms with Gasteiger partial charge in [-0.1, -0.05) is 13.8 Å². The van der Waals surface area contributed by atoms with E-state index in [2.05, 4.69) is 10.2 Å². The van der Waals surface area contributed by atoms with Gasteiger partial charge >= 0.3 is 0 Å². The summed E-state index contributed by atoms with van der Waals surface area (Å²) in [7, 11) is 0. The van der Waals surface area contributed by atoms with Crippen molar-refractivity contribution in [1.82, 2.24) is 0 Å². The van der Waals surface area contributed by atoms with Gasteiger partial charge in [0.15, 0.2) is 0 Å². The SMILES string of the molecule is CC(C)C(=O)Nc1ccc(N2CCC[C@@]3(CC[N+]([O-])([C@H]4CC[C@H](O)CC4)C3)C2)c(F)c1. The predicted molar refractivity (Wildman–Crippen MR) is 120 cm³/mol. The first-order valence-electron chi connectivity index (χ1n) is 11.8. The topological polar surface area (TPSA) is 75.6 Å². The zero-order valence-electron chi connectivity index (χ0n) is 18.8. The van der Waals surface area contributed by atoms with E-state index in [1.807, 2.05) is 0 Å². The summed E-state index contributed by atoms with van der Waals surface area (Å²) in [6, 6.07) is 5.00. The van der Waals surface area contributed by atoms with Gasteiger partial charge in [0.1, 0.15) is 5.82 Å². The molecule has 3 aliphatic rings. The van der Waals surface area contributed by atoms with Gasteiger partial charge in [0, 0.05) is 49.4 Å². The summed E-state index contributed by atoms with van der Waals surface area (Å²) in [4.78, 5) is 14.0. The molecular weight excluding hydrogens is 397 g/mol. The van der Waals surface area contributed by atoms with E-state index in [9.17, 15) is 19.5 Å². The lowest BCUT2D eigenvalue weighted by molar-refractivity contribution is -0.898. The number of hydroxylamine groups is 3. The quantitative estimate of drug-likeness (QED) is 0.555. The summed E-state index contributed by atoms with van der Waals surface area (Å²) in [5.41, 5.74) is 0.966. The fraction of sp³-hybridized carbons (Fsp3) is 0.708. The Hall–Kier alpha value is -1.70. The molecule has 6 nitrogen and oxygen atoms in total. The predicted octanol–water partition coefficient (Wildman–Crippen LogP) is 4.03. The van der Waals surface area contributed by atoms with Crippen molar-refractivity contribution >= 4 is 17.3 Å². The molecule has 7 heteroatoms. The number of benzene rings is 1. The third-order valence-corrected chi connectivity index (χ3v) is 7.70. The Morgan fingerprint density at radius 3 is 2.71 bits per heavy atom. The molecule has 0 bridgehead atoms. The third-order valence-electron chi connectivity index (χ3n) is 7.70. The molecule has 1 unspecified atom stereocenters. The molecule has 1 amide bonds. The van der Waals surface area contributed by atoms with Crippen LogP contribution in [0.15, 0.2) is 18.2 Å². The number of amides is 1. The molecule has 31 heavy (non-hydrogen) atoms. The smallest absolute Gasteiger partial charge is 0.226 e. The van der Waals surface area contributed by atoms with E-state index in [0.29, 0.717) is 31.0 Å². The molecule has 1 aromatic carbocycles. The molecule has 3 fully saturated rings. The monoisotopic (exact) mass is 433 g/mol. The Bertz CT molecular complexity index is 811. The maximum atomic E-state index is 15.0. The number of hydrogen-bond donors (Lipinski definition) is 2. The normalized spacial score (nSPS) is 33.8. The number of quaternary nitrogens is 1. The van der Waals surface area contributed by atoms with Crippen molar-refractivity contribution in [2.75, 3.05) is 36.4 Å². The van der Waals surface area contributed by atoms with Gasteiger partial charge in [-0.2, -0.15) is 0 Å². The first-order chi connectivity index (χ1) is 14.7. The van der Waals surface area contributed by atoms with Crippen LogP contribution >= 0.6 is 0 Å². The number of nitrogens with zero attached hydrogens (tertiary/aromatic N) is 2. The fourth-order valence-electron chi connectivity index (χ4n) is 5.87. The van der Waals surface area contributed by atoms with Crippen molar-refractivity contribution in [1.29, 1.82) is 0 Å². The lowest BCUT2D eigenvalue weighted by atomic mass is 9.79. The van der Waals surface area contributed by atoms with Gasteiger partial charge < -0.3 is 25.2 Å². The first-order valence-corrected chi connectivity index (χ1v) is 11.8. The van der Waals surface area contributed by atoms with Crippen LogP contribution in [0.4, 0.5) is 15.8 Å². The Kier molecular flexibility index (Phi) is 6.30. The number of aliphatic hydroxyl groups excluding tert-OH is 1. The van der Waals surface area contributed by atoms with E-state index in [1.54, 1.807) is 26.0 Å². The molecule has 1 saturated carbocycles. The number of carbonyl (C=O) groups excluding carboxylic acids is 1. The van der Waals surface area contributed by atoms with E-state index in [0.717, 1.165) is 51.5 Å². The van der Waals surface area contributed by atoms with Crippen LogP contribution in [0.3, 0.4) is 0 Å². The van der Waals surface area contributed by atoms with Crippen LogP contribution in [0.1, 0.15) is 58.8 Å².